The van der Waals surface area contributed by atoms with Crippen molar-refractivity contribution in [2.75, 3.05) is 25.5 Å². The van der Waals surface area contributed by atoms with E-state index in [1.54, 1.807) is 31.4 Å². The van der Waals surface area contributed by atoms with Gasteiger partial charge in [0.1, 0.15) is 0 Å². The van der Waals surface area contributed by atoms with Gasteiger partial charge in [0.05, 0.1) is 28.3 Å². The van der Waals surface area contributed by atoms with Crippen molar-refractivity contribution in [1.82, 2.24) is 4.31 Å². The molecule has 0 aliphatic carbocycles. The van der Waals surface area contributed by atoms with Crippen LogP contribution in [0.2, 0.25) is 10.0 Å². The largest absolute Gasteiger partial charge is 0.380 e. The highest BCUT2D eigenvalue weighted by Crippen LogP contribution is 2.26. The molecule has 1 aliphatic heterocycles. The highest BCUT2D eigenvalue weighted by molar-refractivity contribution is 7.88. The predicted octanol–water partition coefficient (Wildman–Crippen LogP) is 4.32. The minimum atomic E-state index is -3.58. The van der Waals surface area contributed by atoms with Crippen LogP contribution in [0.1, 0.15) is 24.0 Å². The first-order valence-corrected chi connectivity index (χ1v) is 12.0. The Kier molecular flexibility index (Phi) is 7.76. The molecule has 3 rings (SSSR count). The summed E-state index contributed by atoms with van der Waals surface area (Å²) >= 11 is 11.9. The van der Waals surface area contributed by atoms with Gasteiger partial charge in [0, 0.05) is 25.9 Å². The normalized spacial score (nSPS) is 17.6. The van der Waals surface area contributed by atoms with E-state index < -0.39 is 15.9 Å². The average Bonchev–Trinajstić information content (AvgIpc) is 2.71. The summed E-state index contributed by atoms with van der Waals surface area (Å²) in [6.45, 7) is 1.01. The van der Waals surface area contributed by atoms with Gasteiger partial charge in [0.15, 0.2) is 0 Å². The second-order valence-electron chi connectivity index (χ2n) is 7.32. The lowest BCUT2D eigenvalue weighted by Gasteiger charge is -2.31. The van der Waals surface area contributed by atoms with Gasteiger partial charge in [0.2, 0.25) is 15.9 Å². The molecule has 1 fully saturated rings. The van der Waals surface area contributed by atoms with Crippen LogP contribution < -0.4 is 5.32 Å². The van der Waals surface area contributed by atoms with Crippen molar-refractivity contribution in [3.05, 3.63) is 63.6 Å². The van der Waals surface area contributed by atoms with E-state index in [9.17, 15) is 13.2 Å². The molecule has 30 heavy (non-hydrogen) atoms. The molecular formula is C21H24Cl2N2O4S. The molecule has 0 saturated carbocycles. The first-order valence-electron chi connectivity index (χ1n) is 9.59. The van der Waals surface area contributed by atoms with Crippen molar-refractivity contribution < 1.29 is 17.9 Å². The first kappa shape index (κ1) is 23.0. The van der Waals surface area contributed by atoms with Gasteiger partial charge in [-0.2, -0.15) is 0 Å². The van der Waals surface area contributed by atoms with E-state index in [0.717, 1.165) is 5.56 Å². The first-order chi connectivity index (χ1) is 14.3. The third-order valence-electron chi connectivity index (χ3n) is 4.99. The fraction of sp³-hybridized carbons (Fsp3) is 0.381. The van der Waals surface area contributed by atoms with Crippen molar-refractivity contribution in [2.45, 2.75) is 25.2 Å². The number of methoxy groups -OCH3 is 1. The van der Waals surface area contributed by atoms with E-state index in [-0.39, 0.29) is 18.2 Å². The number of amides is 1. The van der Waals surface area contributed by atoms with Gasteiger partial charge in [-0.25, -0.2) is 12.7 Å². The van der Waals surface area contributed by atoms with Crippen LogP contribution >= 0.6 is 23.2 Å². The lowest BCUT2D eigenvalue weighted by molar-refractivity contribution is -0.120. The maximum Gasteiger partial charge on any atom is 0.228 e. The summed E-state index contributed by atoms with van der Waals surface area (Å²) in [5, 5.41) is 3.59. The Bertz CT molecular complexity index is 1010. The Morgan fingerprint density at radius 1 is 1.17 bits per heavy atom. The second-order valence-corrected chi connectivity index (χ2v) is 10.1. The van der Waals surface area contributed by atoms with E-state index >= 15 is 0 Å². The molecule has 6 nitrogen and oxygen atoms in total. The maximum atomic E-state index is 12.9. The van der Waals surface area contributed by atoms with Gasteiger partial charge in [-0.05, 0) is 48.2 Å². The Morgan fingerprint density at radius 2 is 1.97 bits per heavy atom. The SMILES string of the molecule is COCc1cccc(NC(=O)[C@@H]2CCCN(S(=O)(=O)Cc3ccc(Cl)c(Cl)c3)C2)c1. The summed E-state index contributed by atoms with van der Waals surface area (Å²) in [6.07, 6.45) is 1.27. The van der Waals surface area contributed by atoms with Gasteiger partial charge < -0.3 is 10.1 Å². The Balaban J connectivity index is 1.65. The zero-order valence-electron chi connectivity index (χ0n) is 16.6. The zero-order valence-corrected chi connectivity index (χ0v) is 18.9. The molecule has 0 radical (unpaired) electrons. The third-order valence-corrected chi connectivity index (χ3v) is 7.54. The lowest BCUT2D eigenvalue weighted by atomic mass is 9.98. The van der Waals surface area contributed by atoms with Crippen LogP contribution in [0, 0.1) is 5.92 Å². The number of benzene rings is 2. The summed E-state index contributed by atoms with van der Waals surface area (Å²) in [5.41, 5.74) is 2.18. The predicted molar refractivity (Wildman–Crippen MR) is 119 cm³/mol. The molecule has 9 heteroatoms. The van der Waals surface area contributed by atoms with Gasteiger partial charge >= 0.3 is 0 Å². The monoisotopic (exact) mass is 470 g/mol. The van der Waals surface area contributed by atoms with Crippen LogP contribution in [0.4, 0.5) is 5.69 Å². The minimum absolute atomic E-state index is 0.160. The molecule has 0 bridgehead atoms. The Hall–Kier alpha value is -1.64. The number of halogens is 2. The smallest absolute Gasteiger partial charge is 0.228 e. The summed E-state index contributed by atoms with van der Waals surface area (Å²) in [5.74, 6) is -0.774. The molecule has 1 atom stereocenters. The van der Waals surface area contributed by atoms with Crippen LogP contribution in [0.15, 0.2) is 42.5 Å². The number of nitrogens with one attached hydrogen (secondary N) is 1. The number of anilines is 1. The average molecular weight is 471 g/mol. The molecule has 2 aromatic carbocycles. The Morgan fingerprint density at radius 3 is 2.70 bits per heavy atom. The van der Waals surface area contributed by atoms with E-state index in [4.69, 9.17) is 27.9 Å². The van der Waals surface area contributed by atoms with Gasteiger partial charge in [-0.15, -0.1) is 0 Å². The number of hydrogen-bond acceptors (Lipinski definition) is 4. The maximum absolute atomic E-state index is 12.9. The number of carbonyl (C=O) groups is 1. The number of sulfonamides is 1. The molecule has 162 valence electrons. The van der Waals surface area contributed by atoms with Gasteiger partial charge in [-0.3, -0.25) is 4.79 Å². The number of nitrogens with zero attached hydrogens (tertiary/aromatic N) is 1. The summed E-state index contributed by atoms with van der Waals surface area (Å²) < 4.78 is 32.3. The van der Waals surface area contributed by atoms with Gasteiger partial charge in [0.25, 0.3) is 0 Å². The highest BCUT2D eigenvalue weighted by atomic mass is 35.5. The fourth-order valence-electron chi connectivity index (χ4n) is 3.49. The van der Waals surface area contributed by atoms with E-state index in [1.807, 2.05) is 18.2 Å². The van der Waals surface area contributed by atoms with Crippen LogP contribution in [0.3, 0.4) is 0 Å². The summed E-state index contributed by atoms with van der Waals surface area (Å²) in [7, 11) is -1.97. The number of hydrogen-bond donors (Lipinski definition) is 1. The molecule has 1 aliphatic rings. The lowest BCUT2D eigenvalue weighted by Crippen LogP contribution is -2.44. The van der Waals surface area contributed by atoms with Crippen molar-refractivity contribution in [2.24, 2.45) is 5.92 Å². The molecule has 1 N–H and O–H groups in total. The topological polar surface area (TPSA) is 75.7 Å². The molecular weight excluding hydrogens is 447 g/mol. The summed E-state index contributed by atoms with van der Waals surface area (Å²) in [6, 6.07) is 12.2. The van der Waals surface area contributed by atoms with Crippen molar-refractivity contribution in [1.29, 1.82) is 0 Å². The van der Waals surface area contributed by atoms with Crippen molar-refractivity contribution in [3.63, 3.8) is 0 Å². The van der Waals surface area contributed by atoms with Crippen molar-refractivity contribution in [3.8, 4) is 0 Å². The van der Waals surface area contributed by atoms with E-state index in [1.165, 1.54) is 4.31 Å². The molecule has 0 spiro atoms. The quantitative estimate of drug-likeness (QED) is 0.653. The number of ether oxygens (including phenoxy) is 1. The van der Waals surface area contributed by atoms with Crippen molar-refractivity contribution >= 4 is 44.8 Å². The molecule has 0 aromatic heterocycles. The summed E-state index contributed by atoms with van der Waals surface area (Å²) in [4.78, 5) is 12.8. The van der Waals surface area contributed by atoms with Crippen LogP contribution in [-0.4, -0.2) is 38.8 Å². The van der Waals surface area contributed by atoms with E-state index in [2.05, 4.69) is 5.32 Å². The van der Waals surface area contributed by atoms with Crippen LogP contribution in [0.25, 0.3) is 0 Å². The van der Waals surface area contributed by atoms with E-state index in [0.29, 0.717) is 47.3 Å². The third kappa shape index (κ3) is 5.95. The molecule has 2 aromatic rings. The molecule has 1 saturated heterocycles. The molecule has 0 unspecified atom stereocenters. The minimum Gasteiger partial charge on any atom is -0.380 e. The highest BCUT2D eigenvalue weighted by Gasteiger charge is 2.32. The van der Waals surface area contributed by atoms with Crippen LogP contribution in [0.5, 0.6) is 0 Å². The standard InChI is InChI=1S/C21H24Cl2N2O4S/c1-29-13-15-4-2-6-18(10-15)24-21(26)17-5-3-9-25(12-17)30(27,28)14-16-7-8-19(22)20(23)11-16/h2,4,6-8,10-11,17H,3,5,9,12-14H2,1H3,(H,24,26)/t17-/m1/s1. The number of piperidine rings is 1. The molecule has 1 amide bonds. The second kappa shape index (κ2) is 10.1. The Labute approximate surface area is 187 Å². The zero-order chi connectivity index (χ0) is 21.7. The number of rotatable bonds is 7. The van der Waals surface area contributed by atoms with Gasteiger partial charge in [-0.1, -0.05) is 41.4 Å². The number of carbonyl (C=O) groups excluding carboxylic acids is 1. The fourth-order valence-corrected chi connectivity index (χ4v) is 5.41. The van der Waals surface area contributed by atoms with Crippen LogP contribution in [-0.2, 0) is 31.9 Å². The molecule has 1 heterocycles.